The van der Waals surface area contributed by atoms with Crippen molar-refractivity contribution in [3.8, 4) is 0 Å². The average molecular weight is 225 g/mol. The van der Waals surface area contributed by atoms with Crippen LogP contribution in [0.25, 0.3) is 6.08 Å². The van der Waals surface area contributed by atoms with Crippen LogP contribution in [0.4, 0.5) is 5.69 Å². The monoisotopic (exact) mass is 225 g/mol. The van der Waals surface area contributed by atoms with E-state index in [-0.39, 0.29) is 0 Å². The smallest absolute Gasteiger partial charge is 0.175 e. The van der Waals surface area contributed by atoms with Crippen LogP contribution in [0.5, 0.6) is 0 Å². The van der Waals surface area contributed by atoms with E-state index in [1.54, 1.807) is 25.2 Å². The van der Waals surface area contributed by atoms with Crippen LogP contribution in [-0.4, -0.2) is 21.7 Å². The molecule has 0 bridgehead atoms. The zero-order chi connectivity index (χ0) is 11.5. The van der Waals surface area contributed by atoms with Crippen LogP contribution >= 0.6 is 0 Å². The van der Waals surface area contributed by atoms with Crippen molar-refractivity contribution < 1.29 is 8.42 Å². The minimum Gasteiger partial charge on any atom is -0.388 e. The fourth-order valence-corrected chi connectivity index (χ4v) is 1.95. The Morgan fingerprint density at radius 3 is 2.47 bits per heavy atom. The van der Waals surface area contributed by atoms with Crippen molar-refractivity contribution in [2.75, 3.05) is 18.6 Å². The summed E-state index contributed by atoms with van der Waals surface area (Å²) >= 11 is 0. The fraction of sp³-hybridized carbons (Fsp3) is 0.273. The van der Waals surface area contributed by atoms with Gasteiger partial charge in [0.05, 0.1) is 4.90 Å². The van der Waals surface area contributed by atoms with Crippen molar-refractivity contribution in [2.45, 2.75) is 11.8 Å². The molecule has 0 aromatic heterocycles. The number of hydrogen-bond acceptors (Lipinski definition) is 3. The lowest BCUT2D eigenvalue weighted by Crippen LogP contribution is -1.99. The maximum atomic E-state index is 11.3. The number of hydrogen-bond donors (Lipinski definition) is 1. The molecule has 15 heavy (non-hydrogen) atoms. The molecule has 1 N–H and O–H groups in total. The Hall–Kier alpha value is -1.29. The van der Waals surface area contributed by atoms with Gasteiger partial charge in [0.25, 0.3) is 0 Å². The highest BCUT2D eigenvalue weighted by molar-refractivity contribution is 7.90. The van der Waals surface area contributed by atoms with Crippen LogP contribution in [0.3, 0.4) is 0 Å². The minimum atomic E-state index is -3.13. The molecule has 0 saturated carbocycles. The molecular formula is C11H15NO2S. The third kappa shape index (κ3) is 2.83. The predicted octanol–water partition coefficient (Wildman–Crippen LogP) is 2.16. The first kappa shape index (κ1) is 11.8. The molecule has 0 aliphatic carbocycles. The van der Waals surface area contributed by atoms with Crippen molar-refractivity contribution in [3.63, 3.8) is 0 Å². The molecule has 4 heteroatoms. The lowest BCUT2D eigenvalue weighted by molar-refractivity contribution is 0.602. The summed E-state index contributed by atoms with van der Waals surface area (Å²) in [6, 6.07) is 5.05. The second kappa shape index (κ2) is 4.49. The Labute approximate surface area is 90.7 Å². The maximum absolute atomic E-state index is 11.3. The molecular weight excluding hydrogens is 210 g/mol. The lowest BCUT2D eigenvalue weighted by Gasteiger charge is -2.07. The number of nitrogens with one attached hydrogen (secondary N) is 1. The van der Waals surface area contributed by atoms with Gasteiger partial charge in [0.2, 0.25) is 0 Å². The van der Waals surface area contributed by atoms with Crippen molar-refractivity contribution in [3.05, 3.63) is 29.8 Å². The van der Waals surface area contributed by atoms with Gasteiger partial charge in [0, 0.05) is 19.0 Å². The van der Waals surface area contributed by atoms with E-state index in [1.807, 2.05) is 19.1 Å². The molecule has 0 aliphatic heterocycles. The summed E-state index contributed by atoms with van der Waals surface area (Å²) in [6.45, 7) is 1.92. The van der Waals surface area contributed by atoms with Gasteiger partial charge in [-0.3, -0.25) is 0 Å². The molecule has 1 aromatic rings. The zero-order valence-electron chi connectivity index (χ0n) is 9.11. The Bertz CT molecular complexity index is 475. The van der Waals surface area contributed by atoms with Gasteiger partial charge in [-0.1, -0.05) is 18.2 Å². The maximum Gasteiger partial charge on any atom is 0.175 e. The van der Waals surface area contributed by atoms with Gasteiger partial charge < -0.3 is 5.32 Å². The van der Waals surface area contributed by atoms with E-state index in [1.165, 1.54) is 6.26 Å². The summed E-state index contributed by atoms with van der Waals surface area (Å²) in [6.07, 6.45) is 5.05. The second-order valence-electron chi connectivity index (χ2n) is 3.27. The summed E-state index contributed by atoms with van der Waals surface area (Å²) in [5, 5.41) is 2.98. The Morgan fingerprint density at radius 2 is 2.00 bits per heavy atom. The molecule has 0 aliphatic rings. The van der Waals surface area contributed by atoms with Crippen LogP contribution in [0.2, 0.25) is 0 Å². The topological polar surface area (TPSA) is 46.2 Å². The number of anilines is 1. The summed E-state index contributed by atoms with van der Waals surface area (Å²) in [4.78, 5) is 0.333. The number of allylic oxidation sites excluding steroid dienone is 1. The number of benzene rings is 1. The van der Waals surface area contributed by atoms with E-state index in [4.69, 9.17) is 0 Å². The van der Waals surface area contributed by atoms with E-state index in [0.29, 0.717) is 4.90 Å². The third-order valence-electron chi connectivity index (χ3n) is 2.07. The lowest BCUT2D eigenvalue weighted by atomic mass is 10.1. The van der Waals surface area contributed by atoms with Crippen LogP contribution in [0.15, 0.2) is 29.2 Å². The zero-order valence-corrected chi connectivity index (χ0v) is 9.93. The molecule has 1 rings (SSSR count). The first-order valence-corrected chi connectivity index (χ1v) is 6.52. The molecule has 0 atom stereocenters. The molecule has 0 amide bonds. The first-order chi connectivity index (χ1) is 6.99. The van der Waals surface area contributed by atoms with Gasteiger partial charge in [0.15, 0.2) is 9.84 Å². The molecule has 0 saturated heterocycles. The predicted molar refractivity (Wildman–Crippen MR) is 63.8 cm³/mol. The van der Waals surface area contributed by atoms with Crippen molar-refractivity contribution in [1.29, 1.82) is 0 Å². The van der Waals surface area contributed by atoms with Crippen molar-refractivity contribution in [2.24, 2.45) is 0 Å². The van der Waals surface area contributed by atoms with Gasteiger partial charge in [-0.05, 0) is 24.6 Å². The van der Waals surface area contributed by atoms with E-state index in [0.717, 1.165) is 11.3 Å². The molecule has 1 aromatic carbocycles. The number of sulfone groups is 1. The largest absolute Gasteiger partial charge is 0.388 e. The highest BCUT2D eigenvalue weighted by atomic mass is 32.2. The van der Waals surface area contributed by atoms with Crippen molar-refractivity contribution in [1.82, 2.24) is 0 Å². The fourth-order valence-electron chi connectivity index (χ4n) is 1.31. The van der Waals surface area contributed by atoms with E-state index < -0.39 is 9.84 Å². The summed E-state index contributed by atoms with van der Waals surface area (Å²) in [7, 11) is -1.36. The third-order valence-corrected chi connectivity index (χ3v) is 3.18. The molecule has 0 unspecified atom stereocenters. The van der Waals surface area contributed by atoms with Gasteiger partial charge in [0.1, 0.15) is 0 Å². The normalized spacial score (nSPS) is 11.9. The summed E-state index contributed by atoms with van der Waals surface area (Å²) in [5.41, 5.74) is 1.79. The quantitative estimate of drug-likeness (QED) is 0.857. The van der Waals surface area contributed by atoms with Crippen LogP contribution in [-0.2, 0) is 9.84 Å². The number of rotatable bonds is 3. The van der Waals surface area contributed by atoms with Gasteiger partial charge in [-0.25, -0.2) is 8.42 Å². The second-order valence-corrected chi connectivity index (χ2v) is 5.29. The van der Waals surface area contributed by atoms with Gasteiger partial charge >= 0.3 is 0 Å². The summed E-state index contributed by atoms with van der Waals surface area (Å²) in [5.74, 6) is 0. The first-order valence-electron chi connectivity index (χ1n) is 4.63. The van der Waals surface area contributed by atoms with E-state index in [2.05, 4.69) is 5.32 Å². The van der Waals surface area contributed by atoms with Crippen LogP contribution in [0.1, 0.15) is 12.5 Å². The Balaban J connectivity index is 3.31. The van der Waals surface area contributed by atoms with Crippen LogP contribution in [0, 0.1) is 0 Å². The SMILES string of the molecule is C/C=C/c1ccc(S(C)(=O)=O)cc1NC. The Kier molecular flexibility index (Phi) is 3.52. The highest BCUT2D eigenvalue weighted by Gasteiger charge is 2.08. The molecule has 0 fully saturated rings. The molecule has 0 heterocycles. The minimum absolute atomic E-state index is 0.333. The van der Waals surface area contributed by atoms with E-state index in [9.17, 15) is 8.42 Å². The summed E-state index contributed by atoms with van der Waals surface area (Å²) < 4.78 is 22.6. The molecule has 3 nitrogen and oxygen atoms in total. The average Bonchev–Trinajstić information content (AvgIpc) is 2.17. The molecule has 0 radical (unpaired) electrons. The standard InChI is InChI=1S/C11H15NO2S/c1-4-5-9-6-7-10(15(3,13)14)8-11(9)12-2/h4-8,12H,1-3H3/b5-4+. The van der Waals surface area contributed by atoms with E-state index >= 15 is 0 Å². The van der Waals surface area contributed by atoms with Crippen LogP contribution < -0.4 is 5.32 Å². The van der Waals surface area contributed by atoms with Crippen molar-refractivity contribution >= 4 is 21.6 Å². The Morgan fingerprint density at radius 1 is 1.33 bits per heavy atom. The molecule has 82 valence electrons. The van der Waals surface area contributed by atoms with Gasteiger partial charge in [-0.2, -0.15) is 0 Å². The highest BCUT2D eigenvalue weighted by Crippen LogP contribution is 2.21. The van der Waals surface area contributed by atoms with Gasteiger partial charge in [-0.15, -0.1) is 0 Å². The molecule has 0 spiro atoms.